The maximum Gasteiger partial charge on any atom is 0.128 e. The number of hydrogen-bond acceptors (Lipinski definition) is 5. The maximum atomic E-state index is 6.37. The van der Waals surface area contributed by atoms with Gasteiger partial charge in [-0.3, -0.25) is 4.90 Å². The predicted molar refractivity (Wildman–Crippen MR) is 95.9 cm³/mol. The van der Waals surface area contributed by atoms with Crippen molar-refractivity contribution in [1.82, 2.24) is 19.9 Å². The van der Waals surface area contributed by atoms with E-state index in [1.54, 1.807) is 0 Å². The van der Waals surface area contributed by atoms with Crippen LogP contribution in [0, 0.1) is 0 Å². The second-order valence-electron chi connectivity index (χ2n) is 6.22. The molecule has 1 aliphatic heterocycles. The summed E-state index contributed by atoms with van der Waals surface area (Å²) in [7, 11) is 0. The van der Waals surface area contributed by atoms with Crippen LogP contribution in [0.4, 0.5) is 5.82 Å². The molecule has 0 saturated carbocycles. The lowest BCUT2D eigenvalue weighted by atomic mass is 10.2. The third kappa shape index (κ3) is 3.11. The van der Waals surface area contributed by atoms with Gasteiger partial charge in [0.25, 0.3) is 0 Å². The van der Waals surface area contributed by atoms with Crippen molar-refractivity contribution < 1.29 is 0 Å². The number of fused-ring (bicyclic) bond motifs is 1. The first-order valence-electron chi connectivity index (χ1n) is 8.38. The molecule has 1 aliphatic rings. The molecule has 1 fully saturated rings. The fraction of sp³-hybridized carbons (Fsp3) is 0.333. The number of nitrogens with zero attached hydrogens (tertiary/aromatic N) is 4. The van der Waals surface area contributed by atoms with Gasteiger partial charge >= 0.3 is 0 Å². The van der Waals surface area contributed by atoms with Crippen LogP contribution < -0.4 is 10.6 Å². The van der Waals surface area contributed by atoms with E-state index in [1.807, 2.05) is 42.6 Å². The van der Waals surface area contributed by atoms with E-state index in [1.165, 1.54) is 0 Å². The Morgan fingerprint density at radius 2 is 1.83 bits per heavy atom. The number of pyridine rings is 1. The van der Waals surface area contributed by atoms with Crippen LogP contribution in [0.2, 0.25) is 0 Å². The van der Waals surface area contributed by atoms with E-state index in [2.05, 4.69) is 30.8 Å². The van der Waals surface area contributed by atoms with Gasteiger partial charge in [-0.15, -0.1) is 0 Å². The zero-order valence-electron chi connectivity index (χ0n) is 13.6. The molecule has 3 heterocycles. The molecule has 0 radical (unpaired) electrons. The highest BCUT2D eigenvalue weighted by Gasteiger charge is 2.21. The fourth-order valence-corrected chi connectivity index (χ4v) is 3.21. The van der Waals surface area contributed by atoms with Crippen LogP contribution >= 0.6 is 0 Å². The minimum absolute atomic E-state index is 0.0983. The largest absolute Gasteiger partial charge is 0.354 e. The van der Waals surface area contributed by atoms with Crippen molar-refractivity contribution in [3.8, 4) is 0 Å². The number of imidazole rings is 1. The van der Waals surface area contributed by atoms with E-state index in [0.717, 1.165) is 55.4 Å². The molecule has 2 aromatic heterocycles. The molecule has 6 nitrogen and oxygen atoms in total. The predicted octanol–water partition coefficient (Wildman–Crippen LogP) is 1.78. The fourth-order valence-electron chi connectivity index (χ4n) is 3.21. The van der Waals surface area contributed by atoms with E-state index < -0.39 is 0 Å². The van der Waals surface area contributed by atoms with E-state index in [4.69, 9.17) is 5.73 Å². The third-order valence-electron chi connectivity index (χ3n) is 4.56. The van der Waals surface area contributed by atoms with Gasteiger partial charge in [0.1, 0.15) is 11.6 Å². The molecule has 3 aromatic rings. The zero-order valence-corrected chi connectivity index (χ0v) is 13.6. The third-order valence-corrected chi connectivity index (χ3v) is 4.56. The van der Waals surface area contributed by atoms with Gasteiger partial charge in [-0.05, 0) is 24.3 Å². The number of H-pyrrole nitrogens is 1. The number of aromatic amines is 1. The highest BCUT2D eigenvalue weighted by atomic mass is 15.3. The van der Waals surface area contributed by atoms with Crippen molar-refractivity contribution >= 4 is 16.9 Å². The molecule has 24 heavy (non-hydrogen) atoms. The minimum Gasteiger partial charge on any atom is -0.354 e. The lowest BCUT2D eigenvalue weighted by Gasteiger charge is -2.36. The molecule has 1 unspecified atom stereocenters. The number of nitrogens with two attached hydrogens (primary N) is 1. The van der Waals surface area contributed by atoms with Crippen molar-refractivity contribution in [2.45, 2.75) is 6.04 Å². The Kier molecular flexibility index (Phi) is 4.15. The van der Waals surface area contributed by atoms with Gasteiger partial charge < -0.3 is 15.6 Å². The summed E-state index contributed by atoms with van der Waals surface area (Å²) in [6, 6.07) is 14.0. The average Bonchev–Trinajstić information content (AvgIpc) is 3.07. The Morgan fingerprint density at radius 3 is 2.58 bits per heavy atom. The van der Waals surface area contributed by atoms with Gasteiger partial charge in [-0.2, -0.15) is 0 Å². The number of hydrogen-bond donors (Lipinski definition) is 2. The van der Waals surface area contributed by atoms with Gasteiger partial charge in [0.2, 0.25) is 0 Å². The Labute approximate surface area is 141 Å². The SMILES string of the molecule is NC(CN1CCN(c2ccccn2)CC1)c1nc2ccccc2[nH]1. The highest BCUT2D eigenvalue weighted by Crippen LogP contribution is 2.17. The second-order valence-corrected chi connectivity index (χ2v) is 6.22. The minimum atomic E-state index is -0.0983. The number of aromatic nitrogens is 3. The summed E-state index contributed by atoms with van der Waals surface area (Å²) in [6.07, 6.45) is 1.85. The Morgan fingerprint density at radius 1 is 1.04 bits per heavy atom. The van der Waals surface area contributed by atoms with Crippen LogP contribution in [0.1, 0.15) is 11.9 Å². The topological polar surface area (TPSA) is 74.1 Å². The maximum absolute atomic E-state index is 6.37. The second kappa shape index (κ2) is 6.59. The zero-order chi connectivity index (χ0) is 16.4. The molecule has 1 saturated heterocycles. The van der Waals surface area contributed by atoms with Gasteiger partial charge in [0.05, 0.1) is 17.1 Å². The first-order valence-corrected chi connectivity index (χ1v) is 8.38. The molecule has 4 rings (SSSR count). The summed E-state index contributed by atoms with van der Waals surface area (Å²) >= 11 is 0. The first kappa shape index (κ1) is 15.1. The Balaban J connectivity index is 1.36. The van der Waals surface area contributed by atoms with Crippen molar-refractivity contribution in [1.29, 1.82) is 0 Å². The number of anilines is 1. The summed E-state index contributed by atoms with van der Waals surface area (Å²) in [5.41, 5.74) is 8.39. The lowest BCUT2D eigenvalue weighted by molar-refractivity contribution is 0.240. The molecule has 0 amide bonds. The summed E-state index contributed by atoms with van der Waals surface area (Å²) in [5, 5.41) is 0. The molecule has 0 bridgehead atoms. The van der Waals surface area contributed by atoms with Crippen molar-refractivity contribution in [2.75, 3.05) is 37.6 Å². The smallest absolute Gasteiger partial charge is 0.128 e. The number of rotatable bonds is 4. The summed E-state index contributed by atoms with van der Waals surface area (Å²) in [5.74, 6) is 1.92. The number of benzene rings is 1. The van der Waals surface area contributed by atoms with Crippen molar-refractivity contribution in [3.63, 3.8) is 0 Å². The number of nitrogens with one attached hydrogen (secondary N) is 1. The quantitative estimate of drug-likeness (QED) is 0.766. The molecule has 0 aliphatic carbocycles. The van der Waals surface area contributed by atoms with Crippen LogP contribution in [-0.4, -0.2) is 52.6 Å². The van der Waals surface area contributed by atoms with Gasteiger partial charge in [-0.25, -0.2) is 9.97 Å². The summed E-state index contributed by atoms with van der Waals surface area (Å²) in [6.45, 7) is 4.75. The van der Waals surface area contributed by atoms with Crippen LogP contribution in [0.3, 0.4) is 0 Å². The van der Waals surface area contributed by atoms with Crippen LogP contribution in [-0.2, 0) is 0 Å². The van der Waals surface area contributed by atoms with Crippen LogP contribution in [0.25, 0.3) is 11.0 Å². The molecular formula is C18H22N6. The number of piperazine rings is 1. The normalized spacial score (nSPS) is 17.3. The van der Waals surface area contributed by atoms with Gasteiger partial charge in [0, 0.05) is 38.9 Å². The Bertz CT molecular complexity index is 758. The first-order chi connectivity index (χ1) is 11.8. The lowest BCUT2D eigenvalue weighted by Crippen LogP contribution is -2.48. The molecular weight excluding hydrogens is 300 g/mol. The molecule has 1 aromatic carbocycles. The van der Waals surface area contributed by atoms with Crippen molar-refractivity contribution in [3.05, 3.63) is 54.5 Å². The van der Waals surface area contributed by atoms with Crippen LogP contribution in [0.15, 0.2) is 48.7 Å². The average molecular weight is 322 g/mol. The van der Waals surface area contributed by atoms with Crippen LogP contribution in [0.5, 0.6) is 0 Å². The van der Waals surface area contributed by atoms with Gasteiger partial charge in [-0.1, -0.05) is 18.2 Å². The molecule has 124 valence electrons. The molecule has 1 atom stereocenters. The summed E-state index contributed by atoms with van der Waals surface area (Å²) in [4.78, 5) is 17.1. The van der Waals surface area contributed by atoms with E-state index >= 15 is 0 Å². The Hall–Kier alpha value is -2.44. The van der Waals surface area contributed by atoms with Crippen molar-refractivity contribution in [2.24, 2.45) is 5.73 Å². The molecule has 3 N–H and O–H groups in total. The highest BCUT2D eigenvalue weighted by molar-refractivity contribution is 5.74. The monoisotopic (exact) mass is 322 g/mol. The van der Waals surface area contributed by atoms with E-state index in [-0.39, 0.29) is 6.04 Å². The summed E-state index contributed by atoms with van der Waals surface area (Å²) < 4.78 is 0. The van der Waals surface area contributed by atoms with Gasteiger partial charge in [0.15, 0.2) is 0 Å². The standard InChI is InChI=1S/C18H22N6/c19-14(18-21-15-5-1-2-6-16(15)22-18)13-23-9-11-24(12-10-23)17-7-3-4-8-20-17/h1-8,14H,9-13,19H2,(H,21,22). The van der Waals surface area contributed by atoms with E-state index in [0.29, 0.717) is 0 Å². The molecule has 6 heteroatoms. The van der Waals surface area contributed by atoms with E-state index in [9.17, 15) is 0 Å². The molecule has 0 spiro atoms. The number of para-hydroxylation sites is 2.